The van der Waals surface area contributed by atoms with Crippen LogP contribution in [-0.4, -0.2) is 23.0 Å². The van der Waals surface area contributed by atoms with Gasteiger partial charge < -0.3 is 9.47 Å². The lowest BCUT2D eigenvalue weighted by atomic mass is 10.2. The van der Waals surface area contributed by atoms with Crippen molar-refractivity contribution in [3.8, 4) is 5.88 Å². The Morgan fingerprint density at radius 1 is 1.37 bits per heavy atom. The van der Waals surface area contributed by atoms with Crippen molar-refractivity contribution in [2.45, 2.75) is 6.61 Å². The lowest BCUT2D eigenvalue weighted by molar-refractivity contribution is 0.0592. The van der Waals surface area contributed by atoms with Gasteiger partial charge in [-0.15, -0.1) is 0 Å². The van der Waals surface area contributed by atoms with Crippen molar-refractivity contribution in [2.24, 2.45) is 0 Å². The van der Waals surface area contributed by atoms with Crippen LogP contribution in [0, 0.1) is 0 Å². The number of methoxy groups -OCH3 is 1. The van der Waals surface area contributed by atoms with E-state index in [0.717, 1.165) is 10.0 Å². The molecule has 1 aromatic heterocycles. The molecule has 0 unspecified atom stereocenters. The van der Waals surface area contributed by atoms with Crippen LogP contribution in [-0.2, 0) is 11.3 Å². The molecule has 0 saturated heterocycles. The summed E-state index contributed by atoms with van der Waals surface area (Å²) in [7, 11) is 1.29. The number of hydrogen-bond donors (Lipinski definition) is 0. The molecule has 1 heterocycles. The quantitative estimate of drug-likeness (QED) is 0.810. The van der Waals surface area contributed by atoms with Crippen LogP contribution >= 0.6 is 15.9 Å². The minimum atomic E-state index is -0.541. The molecule has 0 saturated carbocycles. The van der Waals surface area contributed by atoms with Crippen LogP contribution in [0.25, 0.3) is 0 Å². The van der Waals surface area contributed by atoms with Gasteiger partial charge in [-0.2, -0.15) is 0 Å². The number of rotatable bonds is 4. The number of benzene rings is 1. The summed E-state index contributed by atoms with van der Waals surface area (Å²) < 4.78 is 11.0. The number of ether oxygens (including phenoxy) is 2. The summed E-state index contributed by atoms with van der Waals surface area (Å²) in [6, 6.07) is 7.72. The fourth-order valence-corrected chi connectivity index (χ4v) is 1.85. The Balaban J connectivity index is 2.05. The molecule has 6 heteroatoms. The van der Waals surface area contributed by atoms with E-state index < -0.39 is 5.97 Å². The summed E-state index contributed by atoms with van der Waals surface area (Å²) in [6.07, 6.45) is 2.78. The molecule has 0 amide bonds. The Morgan fingerprint density at radius 2 is 2.21 bits per heavy atom. The Labute approximate surface area is 118 Å². The predicted octanol–water partition coefficient (Wildman–Crippen LogP) is 2.60. The second kappa shape index (κ2) is 6.29. The summed E-state index contributed by atoms with van der Waals surface area (Å²) >= 11 is 3.38. The molecule has 0 radical (unpaired) electrons. The molecule has 0 N–H and O–H groups in total. The fourth-order valence-electron chi connectivity index (χ4n) is 1.40. The van der Waals surface area contributed by atoms with E-state index in [2.05, 4.69) is 30.6 Å². The van der Waals surface area contributed by atoms with Crippen molar-refractivity contribution in [3.05, 3.63) is 52.4 Å². The van der Waals surface area contributed by atoms with Gasteiger partial charge in [0.15, 0.2) is 5.69 Å². The lowest BCUT2D eigenvalue weighted by Gasteiger charge is -2.06. The van der Waals surface area contributed by atoms with Crippen LogP contribution < -0.4 is 4.74 Å². The Bertz CT molecular complexity index is 590. The molecule has 0 atom stereocenters. The first-order valence-corrected chi connectivity index (χ1v) is 6.26. The third-order valence-electron chi connectivity index (χ3n) is 2.28. The number of aromatic nitrogens is 2. The zero-order valence-electron chi connectivity index (χ0n) is 10.2. The van der Waals surface area contributed by atoms with Gasteiger partial charge in [0, 0.05) is 4.47 Å². The first-order chi connectivity index (χ1) is 9.19. The fraction of sp³-hybridized carbons (Fsp3) is 0.154. The average Bonchev–Trinajstić information content (AvgIpc) is 2.45. The molecule has 0 fully saturated rings. The summed E-state index contributed by atoms with van der Waals surface area (Å²) in [6.45, 7) is 0.346. The molecule has 5 nitrogen and oxygen atoms in total. The number of carbonyl (C=O) groups excluding carboxylic acids is 1. The molecule has 0 bridgehead atoms. The van der Waals surface area contributed by atoms with Crippen LogP contribution in [0.1, 0.15) is 16.1 Å². The molecule has 0 spiro atoms. The van der Waals surface area contributed by atoms with Gasteiger partial charge in [0.05, 0.1) is 19.5 Å². The molecular formula is C13H11BrN2O3. The molecule has 0 aliphatic rings. The zero-order chi connectivity index (χ0) is 13.7. The van der Waals surface area contributed by atoms with Crippen LogP contribution in [0.4, 0.5) is 0 Å². The standard InChI is InChI=1S/C13H11BrN2O3/c1-18-13(17)11-6-15-7-12(16-11)19-8-9-3-2-4-10(14)5-9/h2-7H,8H2,1H3. The Morgan fingerprint density at radius 3 is 2.95 bits per heavy atom. The minimum Gasteiger partial charge on any atom is -0.472 e. The Hall–Kier alpha value is -1.95. The summed E-state index contributed by atoms with van der Waals surface area (Å²) in [4.78, 5) is 19.2. The van der Waals surface area contributed by atoms with E-state index in [0.29, 0.717) is 6.61 Å². The first-order valence-electron chi connectivity index (χ1n) is 5.46. The zero-order valence-corrected chi connectivity index (χ0v) is 11.8. The second-order valence-electron chi connectivity index (χ2n) is 3.65. The number of esters is 1. The van der Waals surface area contributed by atoms with E-state index in [-0.39, 0.29) is 11.6 Å². The third-order valence-corrected chi connectivity index (χ3v) is 2.78. The molecule has 0 aliphatic carbocycles. The van der Waals surface area contributed by atoms with Crippen molar-refractivity contribution >= 4 is 21.9 Å². The number of hydrogen-bond acceptors (Lipinski definition) is 5. The molecule has 1 aromatic carbocycles. The Kier molecular flexibility index (Phi) is 4.46. The van der Waals surface area contributed by atoms with E-state index in [1.807, 2.05) is 24.3 Å². The van der Waals surface area contributed by atoms with Crippen molar-refractivity contribution in [3.63, 3.8) is 0 Å². The van der Waals surface area contributed by atoms with Gasteiger partial charge in [-0.3, -0.25) is 4.98 Å². The highest BCUT2D eigenvalue weighted by Crippen LogP contribution is 2.14. The number of halogens is 1. The highest BCUT2D eigenvalue weighted by atomic mass is 79.9. The highest BCUT2D eigenvalue weighted by Gasteiger charge is 2.09. The maximum atomic E-state index is 11.3. The molecular weight excluding hydrogens is 312 g/mol. The van der Waals surface area contributed by atoms with Gasteiger partial charge in [0.1, 0.15) is 6.61 Å². The van der Waals surface area contributed by atoms with Gasteiger partial charge in [-0.25, -0.2) is 9.78 Å². The molecule has 19 heavy (non-hydrogen) atoms. The van der Waals surface area contributed by atoms with Crippen LogP contribution in [0.15, 0.2) is 41.1 Å². The smallest absolute Gasteiger partial charge is 0.358 e. The van der Waals surface area contributed by atoms with Crippen LogP contribution in [0.3, 0.4) is 0 Å². The predicted molar refractivity (Wildman–Crippen MR) is 71.8 cm³/mol. The summed E-state index contributed by atoms with van der Waals surface area (Å²) in [5.41, 5.74) is 1.11. The van der Waals surface area contributed by atoms with Gasteiger partial charge in [-0.05, 0) is 17.7 Å². The van der Waals surface area contributed by atoms with E-state index in [1.54, 1.807) is 0 Å². The van der Waals surface area contributed by atoms with Crippen molar-refractivity contribution in [1.82, 2.24) is 9.97 Å². The second-order valence-corrected chi connectivity index (χ2v) is 4.57. The maximum absolute atomic E-state index is 11.3. The molecule has 98 valence electrons. The summed E-state index contributed by atoms with van der Waals surface area (Å²) in [5.74, 6) is -0.261. The molecule has 0 aliphatic heterocycles. The van der Waals surface area contributed by atoms with Crippen LogP contribution in [0.5, 0.6) is 5.88 Å². The normalized spacial score (nSPS) is 10.0. The molecule has 2 rings (SSSR count). The minimum absolute atomic E-state index is 0.120. The van der Waals surface area contributed by atoms with Gasteiger partial charge >= 0.3 is 5.97 Å². The van der Waals surface area contributed by atoms with Gasteiger partial charge in [0.2, 0.25) is 5.88 Å². The van der Waals surface area contributed by atoms with E-state index >= 15 is 0 Å². The van der Waals surface area contributed by atoms with E-state index in [9.17, 15) is 4.79 Å². The van der Waals surface area contributed by atoms with E-state index in [4.69, 9.17) is 4.74 Å². The average molecular weight is 323 g/mol. The summed E-state index contributed by atoms with van der Waals surface area (Å²) in [5, 5.41) is 0. The monoisotopic (exact) mass is 322 g/mol. The van der Waals surface area contributed by atoms with Crippen molar-refractivity contribution in [2.75, 3.05) is 7.11 Å². The maximum Gasteiger partial charge on any atom is 0.358 e. The number of nitrogens with zero attached hydrogens (tertiary/aromatic N) is 2. The number of carbonyl (C=O) groups is 1. The van der Waals surface area contributed by atoms with Crippen LogP contribution in [0.2, 0.25) is 0 Å². The van der Waals surface area contributed by atoms with Crippen molar-refractivity contribution in [1.29, 1.82) is 0 Å². The largest absolute Gasteiger partial charge is 0.472 e. The molecule has 2 aromatic rings. The lowest BCUT2D eigenvalue weighted by Crippen LogP contribution is -2.06. The van der Waals surface area contributed by atoms with Crippen molar-refractivity contribution < 1.29 is 14.3 Å². The van der Waals surface area contributed by atoms with E-state index in [1.165, 1.54) is 19.5 Å². The SMILES string of the molecule is COC(=O)c1cncc(OCc2cccc(Br)c2)n1. The van der Waals surface area contributed by atoms with Gasteiger partial charge in [-0.1, -0.05) is 28.1 Å². The topological polar surface area (TPSA) is 61.3 Å². The van der Waals surface area contributed by atoms with Gasteiger partial charge in [0.25, 0.3) is 0 Å². The highest BCUT2D eigenvalue weighted by molar-refractivity contribution is 9.10. The third kappa shape index (κ3) is 3.75. The first kappa shape index (κ1) is 13.5.